The van der Waals surface area contributed by atoms with Gasteiger partial charge in [-0.3, -0.25) is 4.79 Å². The largest absolute Gasteiger partial charge is 0.494 e. The van der Waals surface area contributed by atoms with Crippen LogP contribution in [0.25, 0.3) is 0 Å². The second-order valence-corrected chi connectivity index (χ2v) is 5.73. The Kier molecular flexibility index (Phi) is 6.77. The van der Waals surface area contributed by atoms with Crippen LogP contribution in [-0.2, 0) is 4.79 Å². The van der Waals surface area contributed by atoms with Gasteiger partial charge in [-0.2, -0.15) is 11.8 Å². The molecule has 0 aromatic heterocycles. The van der Waals surface area contributed by atoms with Crippen LogP contribution in [0.4, 0.5) is 10.1 Å². The molecule has 0 spiro atoms. The Labute approximate surface area is 133 Å². The Morgan fingerprint density at radius 2 is 1.82 bits per heavy atom. The van der Waals surface area contributed by atoms with Crippen LogP contribution in [0.1, 0.15) is 6.42 Å². The molecule has 22 heavy (non-hydrogen) atoms. The quantitative estimate of drug-likeness (QED) is 0.748. The number of ether oxygens (including phenoxy) is 1. The Bertz CT molecular complexity index is 575. The van der Waals surface area contributed by atoms with Crippen molar-refractivity contribution in [2.24, 2.45) is 0 Å². The van der Waals surface area contributed by atoms with Gasteiger partial charge in [-0.15, -0.1) is 0 Å². The molecule has 0 aliphatic carbocycles. The molecule has 2 aromatic rings. The van der Waals surface area contributed by atoms with Gasteiger partial charge < -0.3 is 10.1 Å². The van der Waals surface area contributed by atoms with E-state index in [-0.39, 0.29) is 11.7 Å². The molecule has 1 amide bonds. The van der Waals surface area contributed by atoms with Crippen molar-refractivity contribution in [3.05, 3.63) is 60.4 Å². The molecule has 116 valence electrons. The summed E-state index contributed by atoms with van der Waals surface area (Å²) in [6.45, 7) is 0.636. The fourth-order valence-electron chi connectivity index (χ4n) is 1.76. The SMILES string of the molecule is O=C(CSCCCOc1ccccc1)Nc1ccc(F)cc1. The van der Waals surface area contributed by atoms with Gasteiger partial charge in [-0.05, 0) is 48.6 Å². The van der Waals surface area contributed by atoms with Crippen molar-refractivity contribution >= 4 is 23.4 Å². The third kappa shape index (κ3) is 6.18. The first-order valence-electron chi connectivity index (χ1n) is 7.05. The highest BCUT2D eigenvalue weighted by molar-refractivity contribution is 7.99. The van der Waals surface area contributed by atoms with Crippen molar-refractivity contribution < 1.29 is 13.9 Å². The van der Waals surface area contributed by atoms with E-state index in [9.17, 15) is 9.18 Å². The molecule has 1 N–H and O–H groups in total. The van der Waals surface area contributed by atoms with Gasteiger partial charge in [0.15, 0.2) is 0 Å². The molecule has 0 fully saturated rings. The smallest absolute Gasteiger partial charge is 0.234 e. The molecular formula is C17H18FNO2S. The highest BCUT2D eigenvalue weighted by Crippen LogP contribution is 2.11. The number of nitrogens with one attached hydrogen (secondary N) is 1. The molecule has 0 atom stereocenters. The van der Waals surface area contributed by atoms with Gasteiger partial charge in [0.1, 0.15) is 11.6 Å². The van der Waals surface area contributed by atoms with Gasteiger partial charge in [0.05, 0.1) is 12.4 Å². The molecule has 2 rings (SSSR count). The minimum absolute atomic E-state index is 0.0828. The zero-order valence-corrected chi connectivity index (χ0v) is 12.9. The number of hydrogen-bond donors (Lipinski definition) is 1. The molecule has 3 nitrogen and oxygen atoms in total. The van der Waals surface area contributed by atoms with E-state index in [0.717, 1.165) is 17.9 Å². The molecule has 0 bridgehead atoms. The summed E-state index contributed by atoms with van der Waals surface area (Å²) < 4.78 is 18.3. The van der Waals surface area contributed by atoms with Gasteiger partial charge in [0, 0.05) is 5.69 Å². The van der Waals surface area contributed by atoms with Gasteiger partial charge in [0.25, 0.3) is 0 Å². The number of para-hydroxylation sites is 1. The monoisotopic (exact) mass is 319 g/mol. The van der Waals surface area contributed by atoms with Crippen LogP contribution in [0.15, 0.2) is 54.6 Å². The molecule has 0 aliphatic rings. The number of carbonyl (C=O) groups is 1. The first kappa shape index (κ1) is 16.4. The fraction of sp³-hybridized carbons (Fsp3) is 0.235. The third-order valence-electron chi connectivity index (χ3n) is 2.81. The number of thioether (sulfide) groups is 1. The minimum Gasteiger partial charge on any atom is -0.494 e. The van der Waals surface area contributed by atoms with Gasteiger partial charge in [-0.1, -0.05) is 18.2 Å². The van der Waals surface area contributed by atoms with Crippen LogP contribution < -0.4 is 10.1 Å². The Hall–Kier alpha value is -2.01. The lowest BCUT2D eigenvalue weighted by Crippen LogP contribution is -2.14. The third-order valence-corrected chi connectivity index (χ3v) is 3.85. The van der Waals surface area contributed by atoms with Crippen molar-refractivity contribution in [3.63, 3.8) is 0 Å². The van der Waals surface area contributed by atoms with Crippen LogP contribution in [-0.4, -0.2) is 24.0 Å². The second-order valence-electron chi connectivity index (χ2n) is 4.62. The lowest BCUT2D eigenvalue weighted by atomic mass is 10.3. The topological polar surface area (TPSA) is 38.3 Å². The standard InChI is InChI=1S/C17H18FNO2S/c18-14-7-9-15(10-8-14)19-17(20)13-22-12-4-11-21-16-5-2-1-3-6-16/h1-3,5-10H,4,11-13H2,(H,19,20). The lowest BCUT2D eigenvalue weighted by Gasteiger charge is -2.06. The van der Waals surface area contributed by atoms with Crippen molar-refractivity contribution in [1.29, 1.82) is 0 Å². The molecule has 0 radical (unpaired) electrons. The molecular weight excluding hydrogens is 301 g/mol. The predicted octanol–water partition coefficient (Wildman–Crippen LogP) is 3.97. The minimum atomic E-state index is -0.314. The summed E-state index contributed by atoms with van der Waals surface area (Å²) in [5.74, 6) is 1.69. The Balaban J connectivity index is 1.54. The van der Waals surface area contributed by atoms with Crippen LogP contribution in [0.2, 0.25) is 0 Å². The van der Waals surface area contributed by atoms with Crippen LogP contribution in [0.3, 0.4) is 0 Å². The maximum Gasteiger partial charge on any atom is 0.234 e. The molecule has 0 heterocycles. The van der Waals surface area contributed by atoms with E-state index < -0.39 is 0 Å². The number of rotatable bonds is 8. The normalized spacial score (nSPS) is 10.2. The van der Waals surface area contributed by atoms with Crippen LogP contribution >= 0.6 is 11.8 Å². The summed E-state index contributed by atoms with van der Waals surface area (Å²) in [7, 11) is 0. The Morgan fingerprint density at radius 3 is 2.55 bits per heavy atom. The average molecular weight is 319 g/mol. The van der Waals surface area contributed by atoms with E-state index in [0.29, 0.717) is 18.0 Å². The highest BCUT2D eigenvalue weighted by Gasteiger charge is 2.02. The van der Waals surface area contributed by atoms with Crippen LogP contribution in [0, 0.1) is 5.82 Å². The molecule has 0 saturated heterocycles. The summed E-state index contributed by atoms with van der Waals surface area (Å²) in [4.78, 5) is 11.7. The molecule has 0 saturated carbocycles. The maximum atomic E-state index is 12.7. The van der Waals surface area contributed by atoms with Crippen LogP contribution in [0.5, 0.6) is 5.75 Å². The summed E-state index contributed by atoms with van der Waals surface area (Å²) in [6.07, 6.45) is 0.878. The van der Waals surface area contributed by atoms with E-state index in [2.05, 4.69) is 5.32 Å². The number of halogens is 1. The maximum absolute atomic E-state index is 12.7. The van der Waals surface area contributed by atoms with Crippen molar-refractivity contribution in [1.82, 2.24) is 0 Å². The van der Waals surface area contributed by atoms with E-state index in [4.69, 9.17) is 4.74 Å². The molecule has 0 unspecified atom stereocenters. The van der Waals surface area contributed by atoms with E-state index in [1.807, 2.05) is 30.3 Å². The first-order chi connectivity index (χ1) is 10.7. The van der Waals surface area contributed by atoms with E-state index in [1.165, 1.54) is 12.1 Å². The van der Waals surface area contributed by atoms with Gasteiger partial charge in [-0.25, -0.2) is 4.39 Å². The zero-order chi connectivity index (χ0) is 15.6. The average Bonchev–Trinajstić information content (AvgIpc) is 2.54. The zero-order valence-electron chi connectivity index (χ0n) is 12.1. The number of hydrogen-bond acceptors (Lipinski definition) is 3. The highest BCUT2D eigenvalue weighted by atomic mass is 32.2. The van der Waals surface area contributed by atoms with E-state index in [1.54, 1.807) is 23.9 Å². The Morgan fingerprint density at radius 1 is 1.09 bits per heavy atom. The molecule has 5 heteroatoms. The number of anilines is 1. The van der Waals surface area contributed by atoms with Gasteiger partial charge >= 0.3 is 0 Å². The molecule has 0 aliphatic heterocycles. The summed E-state index contributed by atoms with van der Waals surface area (Å²) in [6, 6.07) is 15.4. The molecule has 2 aromatic carbocycles. The second kappa shape index (κ2) is 9.10. The number of amides is 1. The summed E-state index contributed by atoms with van der Waals surface area (Å²) >= 11 is 1.55. The van der Waals surface area contributed by atoms with Gasteiger partial charge in [0.2, 0.25) is 5.91 Å². The van der Waals surface area contributed by atoms with E-state index >= 15 is 0 Å². The van der Waals surface area contributed by atoms with Crippen molar-refractivity contribution in [2.75, 3.05) is 23.4 Å². The lowest BCUT2D eigenvalue weighted by molar-refractivity contribution is -0.113. The van der Waals surface area contributed by atoms with Crippen molar-refractivity contribution in [3.8, 4) is 5.75 Å². The first-order valence-corrected chi connectivity index (χ1v) is 8.20. The van der Waals surface area contributed by atoms with Crippen molar-refractivity contribution in [2.45, 2.75) is 6.42 Å². The fourth-order valence-corrected chi connectivity index (χ4v) is 2.49. The predicted molar refractivity (Wildman–Crippen MR) is 88.9 cm³/mol. The summed E-state index contributed by atoms with van der Waals surface area (Å²) in [5, 5.41) is 2.73. The summed E-state index contributed by atoms with van der Waals surface area (Å²) in [5.41, 5.74) is 0.611. The number of carbonyl (C=O) groups excluding carboxylic acids is 1. The number of benzene rings is 2.